The molecule has 3 rings (SSSR count). The molecule has 1 aromatic heterocycles. The first kappa shape index (κ1) is 18.6. The highest BCUT2D eigenvalue weighted by Crippen LogP contribution is 2.21. The highest BCUT2D eigenvalue weighted by atomic mass is 35.5. The second-order valence-electron chi connectivity index (χ2n) is 5.94. The summed E-state index contributed by atoms with van der Waals surface area (Å²) in [5, 5.41) is 5.68. The lowest BCUT2D eigenvalue weighted by Crippen LogP contribution is -2.13. The van der Waals surface area contributed by atoms with Crippen molar-refractivity contribution in [3.63, 3.8) is 0 Å². The normalized spacial score (nSPS) is 10.4. The van der Waals surface area contributed by atoms with Crippen molar-refractivity contribution in [2.45, 2.75) is 0 Å². The lowest BCUT2D eigenvalue weighted by Gasteiger charge is -2.13. The summed E-state index contributed by atoms with van der Waals surface area (Å²) in [6.07, 6.45) is 2.81. The molecule has 0 aliphatic rings. The van der Waals surface area contributed by atoms with Gasteiger partial charge in [-0.3, -0.25) is 4.79 Å². The Morgan fingerprint density at radius 3 is 2.26 bits per heavy atom. The zero-order chi connectivity index (χ0) is 19.4. The van der Waals surface area contributed by atoms with E-state index in [0.717, 1.165) is 5.69 Å². The van der Waals surface area contributed by atoms with Crippen LogP contribution < -0.4 is 15.5 Å². The van der Waals surface area contributed by atoms with Crippen molar-refractivity contribution in [1.82, 2.24) is 9.97 Å². The summed E-state index contributed by atoms with van der Waals surface area (Å²) in [6.45, 7) is 0. The third-order valence-electron chi connectivity index (χ3n) is 3.73. The van der Waals surface area contributed by atoms with Crippen molar-refractivity contribution in [2.24, 2.45) is 0 Å². The van der Waals surface area contributed by atoms with Crippen molar-refractivity contribution in [3.8, 4) is 0 Å². The van der Waals surface area contributed by atoms with Gasteiger partial charge in [0.2, 0.25) is 5.95 Å². The van der Waals surface area contributed by atoms with Crippen molar-refractivity contribution >= 4 is 40.5 Å². The maximum Gasteiger partial charge on any atom is 0.258 e. The SMILES string of the molecule is CN(C)c1ccc(NC(=O)c2cnc(Nc3ccc(F)c(Cl)c3)nc2)cc1. The number of benzene rings is 2. The second-order valence-corrected chi connectivity index (χ2v) is 6.35. The van der Waals surface area contributed by atoms with E-state index in [1.54, 1.807) is 0 Å². The molecule has 0 bridgehead atoms. The molecule has 0 unspecified atom stereocenters. The molecule has 0 saturated heterocycles. The molecule has 0 saturated carbocycles. The van der Waals surface area contributed by atoms with E-state index in [2.05, 4.69) is 20.6 Å². The van der Waals surface area contributed by atoms with E-state index in [4.69, 9.17) is 11.6 Å². The molecule has 0 fully saturated rings. The van der Waals surface area contributed by atoms with Crippen LogP contribution in [0.25, 0.3) is 0 Å². The minimum Gasteiger partial charge on any atom is -0.378 e. The second kappa shape index (κ2) is 8.01. The Morgan fingerprint density at radius 1 is 1.04 bits per heavy atom. The number of nitrogens with one attached hydrogen (secondary N) is 2. The number of hydrogen-bond acceptors (Lipinski definition) is 5. The third-order valence-corrected chi connectivity index (χ3v) is 4.02. The van der Waals surface area contributed by atoms with Gasteiger partial charge in [0.25, 0.3) is 5.91 Å². The summed E-state index contributed by atoms with van der Waals surface area (Å²) >= 11 is 5.74. The van der Waals surface area contributed by atoms with Crippen molar-refractivity contribution in [1.29, 1.82) is 0 Å². The van der Waals surface area contributed by atoms with E-state index in [1.807, 2.05) is 43.3 Å². The van der Waals surface area contributed by atoms with Gasteiger partial charge in [0.15, 0.2) is 0 Å². The fourth-order valence-corrected chi connectivity index (χ4v) is 2.44. The van der Waals surface area contributed by atoms with Crippen LogP contribution in [0.5, 0.6) is 0 Å². The van der Waals surface area contributed by atoms with Gasteiger partial charge in [-0.1, -0.05) is 11.6 Å². The summed E-state index contributed by atoms with van der Waals surface area (Å²) in [4.78, 5) is 22.5. The molecule has 0 atom stereocenters. The number of amides is 1. The highest BCUT2D eigenvalue weighted by Gasteiger charge is 2.09. The molecule has 1 amide bonds. The van der Waals surface area contributed by atoms with Gasteiger partial charge in [-0.05, 0) is 42.5 Å². The van der Waals surface area contributed by atoms with Crippen molar-refractivity contribution < 1.29 is 9.18 Å². The molecule has 2 aromatic carbocycles. The number of aromatic nitrogens is 2. The quantitative estimate of drug-likeness (QED) is 0.684. The molecule has 27 heavy (non-hydrogen) atoms. The molecule has 3 aromatic rings. The maximum absolute atomic E-state index is 13.2. The molecular formula is C19H17ClFN5O. The van der Waals surface area contributed by atoms with Crippen LogP contribution in [0.15, 0.2) is 54.9 Å². The molecule has 1 heterocycles. The largest absolute Gasteiger partial charge is 0.378 e. The number of carbonyl (C=O) groups excluding carboxylic acids is 1. The van der Waals surface area contributed by atoms with E-state index >= 15 is 0 Å². The molecule has 0 aliphatic carbocycles. The fraction of sp³-hybridized carbons (Fsp3) is 0.105. The number of carbonyl (C=O) groups is 1. The van der Waals surface area contributed by atoms with E-state index < -0.39 is 5.82 Å². The van der Waals surface area contributed by atoms with Crippen LogP contribution in [0.3, 0.4) is 0 Å². The van der Waals surface area contributed by atoms with Crippen LogP contribution in [0.2, 0.25) is 5.02 Å². The molecule has 0 spiro atoms. The van der Waals surface area contributed by atoms with Crippen LogP contribution in [0, 0.1) is 5.82 Å². The summed E-state index contributed by atoms with van der Waals surface area (Å²) < 4.78 is 13.2. The topological polar surface area (TPSA) is 70.2 Å². The lowest BCUT2D eigenvalue weighted by atomic mass is 10.2. The predicted molar refractivity (Wildman–Crippen MR) is 105 cm³/mol. The average Bonchev–Trinajstić information content (AvgIpc) is 2.66. The van der Waals surface area contributed by atoms with E-state index in [0.29, 0.717) is 16.9 Å². The number of anilines is 4. The van der Waals surface area contributed by atoms with Gasteiger partial charge in [0.05, 0.1) is 10.6 Å². The lowest BCUT2D eigenvalue weighted by molar-refractivity contribution is 0.102. The summed E-state index contributed by atoms with van der Waals surface area (Å²) in [5.74, 6) is -0.553. The minimum atomic E-state index is -0.506. The maximum atomic E-state index is 13.2. The molecule has 138 valence electrons. The monoisotopic (exact) mass is 385 g/mol. The molecule has 0 radical (unpaired) electrons. The summed E-state index contributed by atoms with van der Waals surface area (Å²) in [7, 11) is 3.89. The van der Waals surface area contributed by atoms with E-state index in [9.17, 15) is 9.18 Å². The molecular weight excluding hydrogens is 369 g/mol. The number of rotatable bonds is 5. The first-order valence-electron chi connectivity index (χ1n) is 8.05. The Morgan fingerprint density at radius 2 is 1.67 bits per heavy atom. The molecule has 2 N–H and O–H groups in total. The van der Waals surface area contributed by atoms with Crippen LogP contribution in [0.1, 0.15) is 10.4 Å². The van der Waals surface area contributed by atoms with Gasteiger partial charge in [0, 0.05) is 43.6 Å². The van der Waals surface area contributed by atoms with Gasteiger partial charge < -0.3 is 15.5 Å². The van der Waals surface area contributed by atoms with Crippen LogP contribution >= 0.6 is 11.6 Å². The standard InChI is InChI=1S/C19H17ClFN5O/c1-26(2)15-6-3-13(4-7-15)24-18(27)12-10-22-19(23-11-12)25-14-5-8-17(21)16(20)9-14/h3-11H,1-2H3,(H,24,27)(H,22,23,25). The van der Waals surface area contributed by atoms with Crippen LogP contribution in [0.4, 0.5) is 27.4 Å². The Labute approximate surface area is 161 Å². The Balaban J connectivity index is 1.65. The van der Waals surface area contributed by atoms with Crippen molar-refractivity contribution in [3.05, 3.63) is 71.3 Å². The zero-order valence-electron chi connectivity index (χ0n) is 14.7. The van der Waals surface area contributed by atoms with Crippen molar-refractivity contribution in [2.75, 3.05) is 29.6 Å². The number of halogens is 2. The first-order chi connectivity index (χ1) is 12.9. The molecule has 0 aliphatic heterocycles. The Bertz CT molecular complexity index is 945. The fourth-order valence-electron chi connectivity index (χ4n) is 2.26. The Hall–Kier alpha value is -3.19. The predicted octanol–water partition coefficient (Wildman–Crippen LogP) is 4.33. The third kappa shape index (κ3) is 4.71. The van der Waals surface area contributed by atoms with Gasteiger partial charge in [0.1, 0.15) is 5.82 Å². The van der Waals surface area contributed by atoms with Gasteiger partial charge in [-0.15, -0.1) is 0 Å². The molecule has 6 nitrogen and oxygen atoms in total. The van der Waals surface area contributed by atoms with Gasteiger partial charge in [-0.2, -0.15) is 0 Å². The number of hydrogen-bond donors (Lipinski definition) is 2. The Kier molecular flexibility index (Phi) is 5.52. The van der Waals surface area contributed by atoms with Gasteiger partial charge in [-0.25, -0.2) is 14.4 Å². The van der Waals surface area contributed by atoms with E-state index in [-0.39, 0.29) is 16.9 Å². The first-order valence-corrected chi connectivity index (χ1v) is 8.43. The number of nitrogens with zero attached hydrogens (tertiary/aromatic N) is 3. The highest BCUT2D eigenvalue weighted by molar-refractivity contribution is 6.31. The molecule has 8 heteroatoms. The average molecular weight is 386 g/mol. The smallest absolute Gasteiger partial charge is 0.258 e. The minimum absolute atomic E-state index is 0.00344. The van der Waals surface area contributed by atoms with Crippen LogP contribution in [-0.2, 0) is 0 Å². The van der Waals surface area contributed by atoms with Crippen LogP contribution in [-0.4, -0.2) is 30.0 Å². The zero-order valence-corrected chi connectivity index (χ0v) is 15.5. The van der Waals surface area contributed by atoms with Gasteiger partial charge >= 0.3 is 0 Å². The summed E-state index contributed by atoms with van der Waals surface area (Å²) in [6, 6.07) is 11.7. The van der Waals surface area contributed by atoms with E-state index in [1.165, 1.54) is 30.6 Å². The summed E-state index contributed by atoms with van der Waals surface area (Å²) in [5.41, 5.74) is 2.57.